The fourth-order valence-corrected chi connectivity index (χ4v) is 7.44. The summed E-state index contributed by atoms with van der Waals surface area (Å²) < 4.78 is 0. The van der Waals surface area contributed by atoms with Gasteiger partial charge in [0, 0.05) is 11.1 Å². The Hall–Kier alpha value is -7.42. The topological polar surface area (TPSA) is 36.7 Å². The number of benzene rings is 8. The van der Waals surface area contributed by atoms with E-state index in [4.69, 9.17) is 10.4 Å². The number of nitrogens with one attached hydrogen (secondary N) is 1. The molecule has 0 saturated heterocycles. The number of hydrogen-bond acceptors (Lipinski definition) is 2. The summed E-state index contributed by atoms with van der Waals surface area (Å²) in [6.45, 7) is 0. The minimum atomic E-state index is 0.476. The number of pyridine rings is 1. The van der Waals surface area contributed by atoms with Gasteiger partial charge in [-0.05, 0) is 103 Å². The molecule has 1 heterocycles. The summed E-state index contributed by atoms with van der Waals surface area (Å²) in [5.41, 5.74) is 15.4. The predicted octanol–water partition coefficient (Wildman–Crippen LogP) is 14.1. The molecule has 2 nitrogen and oxygen atoms in total. The van der Waals surface area contributed by atoms with Crippen molar-refractivity contribution in [1.29, 1.82) is 5.41 Å². The Labute approximate surface area is 328 Å². The molecular formula is C54H38N2. The summed E-state index contributed by atoms with van der Waals surface area (Å²) in [5, 5.41) is 11.4. The van der Waals surface area contributed by atoms with Gasteiger partial charge in [-0.3, -0.25) is 0 Å². The van der Waals surface area contributed by atoms with E-state index >= 15 is 0 Å². The van der Waals surface area contributed by atoms with E-state index in [2.05, 4.69) is 176 Å². The first-order valence-electron chi connectivity index (χ1n) is 18.9. The van der Waals surface area contributed by atoms with E-state index in [0.29, 0.717) is 5.71 Å². The molecule has 2 heteroatoms. The maximum atomic E-state index is 9.06. The number of allylic oxidation sites excluding steroid dienone is 1. The predicted molar refractivity (Wildman–Crippen MR) is 236 cm³/mol. The van der Waals surface area contributed by atoms with Crippen LogP contribution in [0.3, 0.4) is 0 Å². The highest BCUT2D eigenvalue weighted by atomic mass is 14.7. The van der Waals surface area contributed by atoms with Crippen LogP contribution in [0.5, 0.6) is 0 Å². The first kappa shape index (κ1) is 34.4. The molecule has 8 aromatic carbocycles. The molecule has 9 aromatic rings. The highest BCUT2D eigenvalue weighted by Crippen LogP contribution is 2.36. The lowest BCUT2D eigenvalue weighted by atomic mass is 9.89. The maximum Gasteiger partial charge on any atom is 0.0715 e. The molecule has 0 unspecified atom stereocenters. The van der Waals surface area contributed by atoms with Crippen LogP contribution in [0.1, 0.15) is 16.7 Å². The van der Waals surface area contributed by atoms with Crippen molar-refractivity contribution in [3.63, 3.8) is 0 Å². The molecule has 0 atom stereocenters. The van der Waals surface area contributed by atoms with Gasteiger partial charge < -0.3 is 5.41 Å². The van der Waals surface area contributed by atoms with Crippen LogP contribution in [0.4, 0.5) is 0 Å². The van der Waals surface area contributed by atoms with Crippen LogP contribution in [0.15, 0.2) is 224 Å². The molecule has 9 rings (SSSR count). The molecule has 0 aliphatic carbocycles. The van der Waals surface area contributed by atoms with Gasteiger partial charge in [0.25, 0.3) is 0 Å². The SMILES string of the molecule is N=C(/C=C(/c1ccccc1)c1cccc2ccc(-c3cccc(-c4cc(-c5ccccc5)nc(-c5cccc(-c6ccccc6)c5)c4)c3)cc12)c1ccccc1. The van der Waals surface area contributed by atoms with E-state index in [-0.39, 0.29) is 0 Å². The average molecular weight is 715 g/mol. The highest BCUT2D eigenvalue weighted by molar-refractivity contribution is 6.14. The fourth-order valence-electron chi connectivity index (χ4n) is 7.44. The Balaban J connectivity index is 1.15. The molecule has 0 aliphatic rings. The number of rotatable bonds is 9. The van der Waals surface area contributed by atoms with E-state index in [1.807, 2.05) is 48.5 Å². The lowest BCUT2D eigenvalue weighted by Crippen LogP contribution is -1.98. The summed E-state index contributed by atoms with van der Waals surface area (Å²) in [6, 6.07) is 76.3. The van der Waals surface area contributed by atoms with Gasteiger partial charge in [0.1, 0.15) is 0 Å². The molecule has 0 aliphatic heterocycles. The number of fused-ring (bicyclic) bond motifs is 1. The van der Waals surface area contributed by atoms with E-state index < -0.39 is 0 Å². The Bertz CT molecular complexity index is 2840. The zero-order valence-electron chi connectivity index (χ0n) is 30.8. The van der Waals surface area contributed by atoms with Gasteiger partial charge in [-0.15, -0.1) is 0 Å². The minimum absolute atomic E-state index is 0.476. The second-order valence-corrected chi connectivity index (χ2v) is 14.0. The van der Waals surface area contributed by atoms with E-state index in [9.17, 15) is 0 Å². The second-order valence-electron chi connectivity index (χ2n) is 14.0. The monoisotopic (exact) mass is 714 g/mol. The number of hydrogen-bond donors (Lipinski definition) is 1. The molecule has 0 radical (unpaired) electrons. The molecule has 1 N–H and O–H groups in total. The fraction of sp³-hybridized carbons (Fsp3) is 0. The quantitative estimate of drug-likeness (QED) is 0.149. The first-order valence-corrected chi connectivity index (χ1v) is 18.9. The van der Waals surface area contributed by atoms with E-state index in [1.165, 1.54) is 5.56 Å². The van der Waals surface area contributed by atoms with Crippen molar-refractivity contribution in [2.75, 3.05) is 0 Å². The zero-order chi connectivity index (χ0) is 37.7. The van der Waals surface area contributed by atoms with Crippen molar-refractivity contribution in [3.8, 4) is 55.9 Å². The molecule has 0 saturated carbocycles. The van der Waals surface area contributed by atoms with Crippen molar-refractivity contribution in [1.82, 2.24) is 4.98 Å². The smallest absolute Gasteiger partial charge is 0.0715 e. The minimum Gasteiger partial charge on any atom is -0.300 e. The molecule has 1 aromatic heterocycles. The van der Waals surface area contributed by atoms with E-state index in [1.54, 1.807) is 0 Å². The molecule has 0 spiro atoms. The Morgan fingerprint density at radius 1 is 0.357 bits per heavy atom. The maximum absolute atomic E-state index is 9.06. The third kappa shape index (κ3) is 7.24. The summed E-state index contributed by atoms with van der Waals surface area (Å²) in [7, 11) is 0. The van der Waals surface area contributed by atoms with Crippen LogP contribution in [-0.2, 0) is 0 Å². The van der Waals surface area contributed by atoms with Gasteiger partial charge in [-0.2, -0.15) is 0 Å². The number of nitrogens with zero attached hydrogens (tertiary/aromatic N) is 1. The van der Waals surface area contributed by atoms with Crippen LogP contribution in [-0.4, -0.2) is 10.7 Å². The van der Waals surface area contributed by atoms with Gasteiger partial charge in [0.15, 0.2) is 0 Å². The lowest BCUT2D eigenvalue weighted by molar-refractivity contribution is 1.32. The molecule has 56 heavy (non-hydrogen) atoms. The van der Waals surface area contributed by atoms with Crippen molar-refractivity contribution in [2.24, 2.45) is 0 Å². The number of aromatic nitrogens is 1. The average Bonchev–Trinajstić information content (AvgIpc) is 3.29. The van der Waals surface area contributed by atoms with Crippen LogP contribution in [0, 0.1) is 5.41 Å². The molecule has 0 amide bonds. The normalized spacial score (nSPS) is 11.4. The Morgan fingerprint density at radius 2 is 0.839 bits per heavy atom. The van der Waals surface area contributed by atoms with Gasteiger partial charge in [0.2, 0.25) is 0 Å². The zero-order valence-corrected chi connectivity index (χ0v) is 30.8. The summed E-state index contributed by atoms with van der Waals surface area (Å²) >= 11 is 0. The van der Waals surface area contributed by atoms with Gasteiger partial charge in [0.05, 0.1) is 17.1 Å². The molecule has 264 valence electrons. The van der Waals surface area contributed by atoms with Crippen LogP contribution in [0.2, 0.25) is 0 Å². The molecule has 0 bridgehead atoms. The van der Waals surface area contributed by atoms with Gasteiger partial charge >= 0.3 is 0 Å². The lowest BCUT2D eigenvalue weighted by Gasteiger charge is -2.15. The summed E-state index contributed by atoms with van der Waals surface area (Å²) in [6.07, 6.45) is 2.01. The van der Waals surface area contributed by atoms with Crippen LogP contribution >= 0.6 is 0 Å². The van der Waals surface area contributed by atoms with Crippen LogP contribution < -0.4 is 0 Å². The van der Waals surface area contributed by atoms with Gasteiger partial charge in [-0.25, -0.2) is 4.98 Å². The second kappa shape index (κ2) is 15.5. The van der Waals surface area contributed by atoms with Crippen molar-refractivity contribution in [2.45, 2.75) is 0 Å². The molecular weight excluding hydrogens is 677 g/mol. The standard InChI is InChI=1S/C54H38N2/c55-52(41-20-9-3-10-21-41)37-51(39-18-7-2-8-19-39)49-29-15-24-40-30-31-46(34-50(40)49)44-26-13-27-45(32-44)48-35-53(42-22-11-4-12-23-42)56-54(36-48)47-28-14-25-43(33-47)38-16-5-1-6-17-38/h1-37,55H/b51-37-,55-52?. The van der Waals surface area contributed by atoms with E-state index in [0.717, 1.165) is 83.4 Å². The largest absolute Gasteiger partial charge is 0.300 e. The first-order chi connectivity index (χ1) is 27.7. The third-order valence-corrected chi connectivity index (χ3v) is 10.3. The summed E-state index contributed by atoms with van der Waals surface area (Å²) in [5.74, 6) is 0. The van der Waals surface area contributed by atoms with Crippen molar-refractivity contribution >= 4 is 22.1 Å². The molecule has 0 fully saturated rings. The van der Waals surface area contributed by atoms with Crippen molar-refractivity contribution in [3.05, 3.63) is 241 Å². The van der Waals surface area contributed by atoms with Crippen molar-refractivity contribution < 1.29 is 0 Å². The third-order valence-electron chi connectivity index (χ3n) is 10.3. The van der Waals surface area contributed by atoms with Gasteiger partial charge in [-0.1, -0.05) is 188 Å². The Kier molecular flexibility index (Phi) is 9.52. The highest BCUT2D eigenvalue weighted by Gasteiger charge is 2.14. The van der Waals surface area contributed by atoms with Crippen LogP contribution in [0.25, 0.3) is 72.2 Å². The summed E-state index contributed by atoms with van der Waals surface area (Å²) in [4.78, 5) is 5.22. The Morgan fingerprint density at radius 3 is 1.52 bits per heavy atom.